The van der Waals surface area contributed by atoms with Crippen molar-refractivity contribution in [2.45, 2.75) is 13.8 Å². The van der Waals surface area contributed by atoms with Crippen LogP contribution >= 0.6 is 0 Å². The summed E-state index contributed by atoms with van der Waals surface area (Å²) in [5, 5.41) is 5.01. The zero-order valence-corrected chi connectivity index (χ0v) is 35.2. The quantitative estimate of drug-likeness (QED) is 0.157. The molecular weight excluding hydrogens is 759 g/mol. The normalized spacial score (nSPS) is 12.5. The molecule has 0 spiro atoms. The molecule has 2 aliphatic heterocycles. The Bertz CT molecular complexity index is 3610. The molecule has 294 valence electrons. The van der Waals surface area contributed by atoms with Crippen LogP contribution in [-0.4, -0.2) is 11.4 Å². The van der Waals surface area contributed by atoms with Crippen molar-refractivity contribution in [1.82, 2.24) is 4.57 Å². The molecule has 3 heterocycles. The predicted molar refractivity (Wildman–Crippen MR) is 269 cm³/mol. The molecule has 0 saturated heterocycles. The van der Waals surface area contributed by atoms with Crippen LogP contribution in [0.25, 0.3) is 93.9 Å². The van der Waals surface area contributed by atoms with Gasteiger partial charge in [0.1, 0.15) is 0 Å². The van der Waals surface area contributed by atoms with E-state index in [0.29, 0.717) is 0 Å². The van der Waals surface area contributed by atoms with Crippen molar-refractivity contribution < 1.29 is 0 Å². The van der Waals surface area contributed by atoms with Crippen molar-refractivity contribution in [2.75, 3.05) is 4.81 Å². The molecule has 11 aromatic rings. The SMILES string of the molecule is Cc1cc(-c2ccccc2)cc(C)c1N1B2c3c(cc(-c4ccccc4)cc3-n3c4ccc(-c5ccccc5)cc4c4cc(-c5ccccc5)cc2c43)-c2cc3ccccc3cc21. The highest BCUT2D eigenvalue weighted by Crippen LogP contribution is 2.49. The van der Waals surface area contributed by atoms with Crippen molar-refractivity contribution in [1.29, 1.82) is 0 Å². The standard InChI is InChI=1S/C60H41BN2/c1-38-29-47(41-19-9-4-10-20-41)30-39(2)59(38)63-56-36-45-26-16-15-25-44(45)31-50(56)52-33-49(43-23-13-6-14-24-43)37-57-58(52)61(63)54-35-48(42-21-11-5-12-22-42)34-53-51-32-46(40-17-7-3-8-18-40)27-28-55(51)62(57)60(53)54/h3-37H,1-2H3. The largest absolute Gasteiger partial charge is 0.376 e. The third-order valence-corrected chi connectivity index (χ3v) is 13.7. The molecule has 0 saturated carbocycles. The summed E-state index contributed by atoms with van der Waals surface area (Å²) in [5.74, 6) is 0. The van der Waals surface area contributed by atoms with Gasteiger partial charge in [-0.25, -0.2) is 0 Å². The van der Waals surface area contributed by atoms with Gasteiger partial charge in [-0.1, -0.05) is 158 Å². The Morgan fingerprint density at radius 3 is 1.48 bits per heavy atom. The second-order valence-corrected chi connectivity index (χ2v) is 17.4. The van der Waals surface area contributed by atoms with Crippen LogP contribution in [0.1, 0.15) is 11.1 Å². The van der Waals surface area contributed by atoms with Crippen LogP contribution in [0, 0.1) is 13.8 Å². The Morgan fingerprint density at radius 2 is 0.873 bits per heavy atom. The van der Waals surface area contributed by atoms with Gasteiger partial charge in [-0.3, -0.25) is 0 Å². The van der Waals surface area contributed by atoms with Crippen molar-refractivity contribution >= 4 is 61.7 Å². The summed E-state index contributed by atoms with van der Waals surface area (Å²) in [6.45, 7) is 4.50. The second-order valence-electron chi connectivity index (χ2n) is 17.4. The first kappa shape index (κ1) is 35.8. The highest BCUT2D eigenvalue weighted by molar-refractivity contribution is 6.93. The molecule has 0 bridgehead atoms. The minimum absolute atomic E-state index is 0.120. The number of anilines is 2. The lowest BCUT2D eigenvalue weighted by atomic mass is 9.43. The van der Waals surface area contributed by atoms with E-state index in [2.05, 4.69) is 236 Å². The molecule has 1 aromatic heterocycles. The summed E-state index contributed by atoms with van der Waals surface area (Å²) >= 11 is 0. The Hall–Kier alpha value is -7.88. The summed E-state index contributed by atoms with van der Waals surface area (Å²) in [5.41, 5.74) is 23.7. The lowest BCUT2D eigenvalue weighted by Gasteiger charge is -2.44. The molecule has 0 unspecified atom stereocenters. The molecule has 0 atom stereocenters. The average molecular weight is 801 g/mol. The van der Waals surface area contributed by atoms with Gasteiger partial charge in [0.05, 0.1) is 11.0 Å². The van der Waals surface area contributed by atoms with Gasteiger partial charge in [0.2, 0.25) is 0 Å². The van der Waals surface area contributed by atoms with E-state index < -0.39 is 0 Å². The Morgan fingerprint density at radius 1 is 0.365 bits per heavy atom. The topological polar surface area (TPSA) is 8.17 Å². The van der Waals surface area contributed by atoms with Crippen molar-refractivity contribution in [3.63, 3.8) is 0 Å². The van der Waals surface area contributed by atoms with Crippen LogP contribution in [0.5, 0.6) is 0 Å². The highest BCUT2D eigenvalue weighted by atomic mass is 15.1. The first-order valence-corrected chi connectivity index (χ1v) is 22.0. The van der Waals surface area contributed by atoms with E-state index in [1.807, 2.05) is 0 Å². The fourth-order valence-electron chi connectivity index (χ4n) is 11.0. The molecule has 2 aliphatic rings. The molecule has 0 N–H and O–H groups in total. The molecule has 0 aliphatic carbocycles. The fourth-order valence-corrected chi connectivity index (χ4v) is 11.0. The van der Waals surface area contributed by atoms with Gasteiger partial charge in [-0.05, 0) is 151 Å². The van der Waals surface area contributed by atoms with E-state index in [0.717, 1.165) is 0 Å². The molecule has 63 heavy (non-hydrogen) atoms. The smallest absolute Gasteiger partial charge is 0.333 e. The van der Waals surface area contributed by atoms with Gasteiger partial charge in [0.25, 0.3) is 0 Å². The maximum Gasteiger partial charge on any atom is 0.333 e. The third kappa shape index (κ3) is 5.46. The number of nitrogens with zero attached hydrogens (tertiary/aromatic N) is 2. The van der Waals surface area contributed by atoms with Gasteiger partial charge in [0.15, 0.2) is 0 Å². The Labute approximate surface area is 368 Å². The lowest BCUT2D eigenvalue weighted by molar-refractivity contribution is 1.18. The maximum absolute atomic E-state index is 2.72. The summed E-state index contributed by atoms with van der Waals surface area (Å²) in [7, 11) is 0. The molecule has 0 amide bonds. The van der Waals surface area contributed by atoms with E-state index in [-0.39, 0.29) is 6.85 Å². The van der Waals surface area contributed by atoms with Crippen molar-refractivity contribution in [3.8, 4) is 61.3 Å². The zero-order chi connectivity index (χ0) is 41.8. The Kier molecular flexibility index (Phi) is 7.86. The minimum Gasteiger partial charge on any atom is -0.376 e. The van der Waals surface area contributed by atoms with Gasteiger partial charge in [-0.15, -0.1) is 0 Å². The van der Waals surface area contributed by atoms with E-state index in [1.54, 1.807) is 0 Å². The Balaban J connectivity index is 1.20. The van der Waals surface area contributed by atoms with Crippen LogP contribution < -0.4 is 15.7 Å². The number of benzene rings is 10. The van der Waals surface area contributed by atoms with Crippen LogP contribution in [0.15, 0.2) is 212 Å². The second kappa shape index (κ2) is 13.8. The van der Waals surface area contributed by atoms with E-state index >= 15 is 0 Å². The summed E-state index contributed by atoms with van der Waals surface area (Å²) in [6.07, 6.45) is 0. The number of aromatic nitrogens is 1. The average Bonchev–Trinajstić information content (AvgIpc) is 3.67. The summed E-state index contributed by atoms with van der Waals surface area (Å²) in [6, 6.07) is 79.1. The molecule has 0 radical (unpaired) electrons. The molecule has 3 heteroatoms. The number of hydrogen-bond acceptors (Lipinski definition) is 1. The van der Waals surface area contributed by atoms with Gasteiger partial charge >= 0.3 is 6.85 Å². The lowest BCUT2D eigenvalue weighted by Crippen LogP contribution is -2.61. The van der Waals surface area contributed by atoms with Crippen LogP contribution in [0.4, 0.5) is 11.4 Å². The maximum atomic E-state index is 2.72. The fraction of sp³-hybridized carbons (Fsp3) is 0.0333. The van der Waals surface area contributed by atoms with Crippen LogP contribution in [-0.2, 0) is 0 Å². The molecule has 13 rings (SSSR count). The van der Waals surface area contributed by atoms with E-state index in [1.165, 1.54) is 127 Å². The first-order valence-electron chi connectivity index (χ1n) is 22.0. The zero-order valence-electron chi connectivity index (χ0n) is 35.2. The summed E-state index contributed by atoms with van der Waals surface area (Å²) < 4.78 is 2.60. The van der Waals surface area contributed by atoms with Gasteiger partial charge in [-0.2, -0.15) is 0 Å². The number of aryl methyl sites for hydroxylation is 2. The van der Waals surface area contributed by atoms with Crippen molar-refractivity contribution in [2.24, 2.45) is 0 Å². The number of hydrogen-bond donors (Lipinski definition) is 0. The van der Waals surface area contributed by atoms with E-state index in [4.69, 9.17) is 0 Å². The first-order chi connectivity index (χ1) is 31.1. The van der Waals surface area contributed by atoms with Crippen molar-refractivity contribution in [3.05, 3.63) is 223 Å². The van der Waals surface area contributed by atoms with Crippen LogP contribution in [0.3, 0.4) is 0 Å². The number of rotatable bonds is 5. The van der Waals surface area contributed by atoms with Gasteiger partial charge < -0.3 is 9.38 Å². The monoisotopic (exact) mass is 800 g/mol. The van der Waals surface area contributed by atoms with Crippen LogP contribution in [0.2, 0.25) is 0 Å². The molecular formula is C60H41BN2. The molecule has 10 aromatic carbocycles. The van der Waals surface area contributed by atoms with E-state index in [9.17, 15) is 0 Å². The predicted octanol–water partition coefficient (Wildman–Crippen LogP) is 14.5. The minimum atomic E-state index is -0.120. The number of fused-ring (bicyclic) bond motifs is 8. The molecule has 0 fully saturated rings. The third-order valence-electron chi connectivity index (χ3n) is 13.7. The summed E-state index contributed by atoms with van der Waals surface area (Å²) in [4.78, 5) is 2.72. The van der Waals surface area contributed by atoms with Gasteiger partial charge in [0, 0.05) is 33.4 Å². The molecule has 2 nitrogen and oxygen atoms in total. The highest BCUT2D eigenvalue weighted by Gasteiger charge is 2.45.